The zero-order valence-electron chi connectivity index (χ0n) is 21.4. The molecule has 5 atom stereocenters. The van der Waals surface area contributed by atoms with Gasteiger partial charge in [-0.25, -0.2) is 4.79 Å². The van der Waals surface area contributed by atoms with Gasteiger partial charge >= 0.3 is 11.9 Å². The molecule has 2 aromatic carbocycles. The smallest absolute Gasteiger partial charge is 0.326 e. The maximum Gasteiger partial charge on any atom is 0.326 e. The molecule has 2 rings (SSSR count). The van der Waals surface area contributed by atoms with Crippen LogP contribution in [0.5, 0.6) is 0 Å². The van der Waals surface area contributed by atoms with Crippen LogP contribution in [0, 0.1) is 0 Å². The highest BCUT2D eigenvalue weighted by molar-refractivity contribution is 5.94. The van der Waals surface area contributed by atoms with Gasteiger partial charge in [-0.05, 0) is 30.9 Å². The van der Waals surface area contributed by atoms with Gasteiger partial charge in [0.05, 0.1) is 12.1 Å². The van der Waals surface area contributed by atoms with Crippen molar-refractivity contribution < 1.29 is 39.3 Å². The molecule has 0 spiro atoms. The maximum atomic E-state index is 13.0. The van der Waals surface area contributed by atoms with Crippen molar-refractivity contribution in [2.45, 2.75) is 62.9 Å². The molecule has 0 aliphatic rings. The predicted molar refractivity (Wildman–Crippen MR) is 140 cm³/mol. The van der Waals surface area contributed by atoms with Crippen molar-refractivity contribution in [3.8, 4) is 0 Å². The van der Waals surface area contributed by atoms with Gasteiger partial charge in [0.15, 0.2) is 0 Å². The number of aliphatic carboxylic acids is 2. The summed E-state index contributed by atoms with van der Waals surface area (Å²) in [6.07, 6.45) is -2.15. The molecule has 0 saturated carbocycles. The second-order valence-corrected chi connectivity index (χ2v) is 9.11. The van der Waals surface area contributed by atoms with Crippen LogP contribution in [0.1, 0.15) is 30.9 Å². The van der Waals surface area contributed by atoms with E-state index in [1.165, 1.54) is 6.92 Å². The van der Waals surface area contributed by atoms with Crippen LogP contribution in [0.3, 0.4) is 0 Å². The number of carbonyl (C=O) groups is 5. The van der Waals surface area contributed by atoms with Crippen molar-refractivity contribution in [3.63, 3.8) is 0 Å². The Kier molecular flexibility index (Phi) is 12.1. The molecule has 0 fully saturated rings. The summed E-state index contributed by atoms with van der Waals surface area (Å²) >= 11 is 0. The van der Waals surface area contributed by atoms with E-state index in [1.807, 2.05) is 0 Å². The fourth-order valence-corrected chi connectivity index (χ4v) is 3.75. The molecule has 0 aliphatic carbocycles. The van der Waals surface area contributed by atoms with Crippen molar-refractivity contribution in [2.24, 2.45) is 5.73 Å². The Morgan fingerprint density at radius 3 is 1.74 bits per heavy atom. The zero-order valence-corrected chi connectivity index (χ0v) is 21.4. The van der Waals surface area contributed by atoms with Gasteiger partial charge in [0.25, 0.3) is 0 Å². The number of aliphatic hydroxyl groups excluding tert-OH is 1. The molecule has 2 aromatic rings. The Bertz CT molecular complexity index is 1130. The number of carbonyl (C=O) groups excluding carboxylic acids is 3. The van der Waals surface area contributed by atoms with Gasteiger partial charge in [-0.2, -0.15) is 0 Å². The van der Waals surface area contributed by atoms with Crippen LogP contribution in [0.2, 0.25) is 0 Å². The fourth-order valence-electron chi connectivity index (χ4n) is 3.75. The van der Waals surface area contributed by atoms with Crippen LogP contribution < -0.4 is 21.7 Å². The highest BCUT2D eigenvalue weighted by atomic mass is 16.4. The van der Waals surface area contributed by atoms with E-state index in [0.717, 1.165) is 5.56 Å². The quantitative estimate of drug-likeness (QED) is 0.156. The van der Waals surface area contributed by atoms with Gasteiger partial charge in [0.2, 0.25) is 17.7 Å². The van der Waals surface area contributed by atoms with Crippen LogP contribution in [-0.2, 0) is 36.8 Å². The lowest BCUT2D eigenvalue weighted by Gasteiger charge is -2.26. The Morgan fingerprint density at radius 2 is 1.26 bits per heavy atom. The number of hydrogen-bond acceptors (Lipinski definition) is 7. The summed E-state index contributed by atoms with van der Waals surface area (Å²) in [7, 11) is 0. The van der Waals surface area contributed by atoms with Gasteiger partial charge in [-0.3, -0.25) is 19.2 Å². The van der Waals surface area contributed by atoms with E-state index < -0.39 is 66.4 Å². The molecule has 0 radical (unpaired) electrons. The largest absolute Gasteiger partial charge is 0.481 e. The minimum absolute atomic E-state index is 0.0484. The minimum Gasteiger partial charge on any atom is -0.481 e. The van der Waals surface area contributed by atoms with E-state index >= 15 is 0 Å². The van der Waals surface area contributed by atoms with Crippen LogP contribution in [0.15, 0.2) is 60.7 Å². The summed E-state index contributed by atoms with van der Waals surface area (Å²) in [5, 5.41) is 35.9. The topological polar surface area (TPSA) is 208 Å². The lowest BCUT2D eigenvalue weighted by Crippen LogP contribution is -2.60. The Labute approximate surface area is 225 Å². The van der Waals surface area contributed by atoms with E-state index in [2.05, 4.69) is 16.0 Å². The number of carboxylic acids is 2. The third-order valence-electron chi connectivity index (χ3n) is 5.87. The van der Waals surface area contributed by atoms with Gasteiger partial charge in [-0.1, -0.05) is 60.7 Å². The highest BCUT2D eigenvalue weighted by Gasteiger charge is 2.32. The van der Waals surface area contributed by atoms with Crippen molar-refractivity contribution >= 4 is 29.7 Å². The summed E-state index contributed by atoms with van der Waals surface area (Å²) in [6.45, 7) is 1.25. The monoisotopic (exact) mass is 542 g/mol. The van der Waals surface area contributed by atoms with Crippen molar-refractivity contribution in [3.05, 3.63) is 71.8 Å². The number of carboxylic acid groups (broad SMARTS) is 2. The molecule has 0 aromatic heterocycles. The highest BCUT2D eigenvalue weighted by Crippen LogP contribution is 2.07. The predicted octanol–water partition coefficient (Wildman–Crippen LogP) is -0.416. The molecular weight excluding hydrogens is 508 g/mol. The summed E-state index contributed by atoms with van der Waals surface area (Å²) < 4.78 is 0. The first-order valence-corrected chi connectivity index (χ1v) is 12.3. The molecule has 0 saturated heterocycles. The Balaban J connectivity index is 2.12. The van der Waals surface area contributed by atoms with Gasteiger partial charge in [0.1, 0.15) is 18.1 Å². The molecule has 5 unspecified atom stereocenters. The molecule has 12 heteroatoms. The van der Waals surface area contributed by atoms with E-state index in [9.17, 15) is 34.2 Å². The number of nitrogens with two attached hydrogens (primary N) is 1. The first kappa shape index (κ1) is 30.9. The lowest BCUT2D eigenvalue weighted by atomic mass is 10.0. The zero-order chi connectivity index (χ0) is 28.9. The van der Waals surface area contributed by atoms with Crippen LogP contribution in [0.25, 0.3) is 0 Å². The SMILES string of the molecule is CC(O)C(NC(=O)C(N)Cc1ccccc1)C(=O)NC(CCC(=O)O)C(=O)NC(Cc1ccccc1)C(=O)O. The minimum atomic E-state index is -1.51. The molecule has 3 amide bonds. The number of hydrogen-bond donors (Lipinski definition) is 7. The fraction of sp³-hybridized carbons (Fsp3) is 0.370. The van der Waals surface area contributed by atoms with Gasteiger partial charge in [-0.15, -0.1) is 0 Å². The van der Waals surface area contributed by atoms with Crippen molar-refractivity contribution in [1.29, 1.82) is 0 Å². The summed E-state index contributed by atoms with van der Waals surface area (Å²) in [4.78, 5) is 61.5. The van der Waals surface area contributed by atoms with Crippen LogP contribution in [-0.4, -0.2) is 75.3 Å². The number of aliphatic hydroxyl groups is 1. The number of nitrogens with one attached hydrogen (secondary N) is 3. The number of amides is 3. The molecule has 0 aliphatic heterocycles. The average Bonchev–Trinajstić information content (AvgIpc) is 2.89. The standard InChI is InChI=1S/C27H34N4O8/c1-16(32)23(31-24(35)19(28)14-17-8-4-2-5-9-17)26(37)29-20(12-13-22(33)34)25(36)30-21(27(38)39)15-18-10-6-3-7-11-18/h2-11,16,19-21,23,32H,12-15,28H2,1H3,(H,29,37)(H,30,36)(H,31,35)(H,33,34)(H,38,39). The third kappa shape index (κ3) is 10.5. The molecule has 0 bridgehead atoms. The molecule has 210 valence electrons. The molecule has 8 N–H and O–H groups in total. The molecule has 39 heavy (non-hydrogen) atoms. The second kappa shape index (κ2) is 15.2. The first-order chi connectivity index (χ1) is 18.5. The van der Waals surface area contributed by atoms with Crippen LogP contribution >= 0.6 is 0 Å². The summed E-state index contributed by atoms with van der Waals surface area (Å²) in [5.41, 5.74) is 7.39. The lowest BCUT2D eigenvalue weighted by molar-refractivity contribution is -0.143. The molecular formula is C27H34N4O8. The Hall–Kier alpha value is -4.29. The van der Waals surface area contributed by atoms with Gasteiger partial charge in [0, 0.05) is 12.8 Å². The maximum absolute atomic E-state index is 13.0. The molecule has 12 nitrogen and oxygen atoms in total. The number of benzene rings is 2. The third-order valence-corrected chi connectivity index (χ3v) is 5.87. The molecule has 0 heterocycles. The number of rotatable bonds is 15. The van der Waals surface area contributed by atoms with E-state index in [1.54, 1.807) is 60.7 Å². The summed E-state index contributed by atoms with van der Waals surface area (Å²) in [5.74, 6) is -5.18. The van der Waals surface area contributed by atoms with E-state index in [0.29, 0.717) is 5.56 Å². The first-order valence-electron chi connectivity index (χ1n) is 12.3. The average molecular weight is 543 g/mol. The van der Waals surface area contributed by atoms with Crippen LogP contribution in [0.4, 0.5) is 0 Å². The normalized spacial score (nSPS) is 14.6. The van der Waals surface area contributed by atoms with Crippen molar-refractivity contribution in [1.82, 2.24) is 16.0 Å². The second-order valence-electron chi connectivity index (χ2n) is 9.11. The van der Waals surface area contributed by atoms with Gasteiger partial charge < -0.3 is 37.0 Å². The van der Waals surface area contributed by atoms with E-state index in [-0.39, 0.29) is 19.3 Å². The summed E-state index contributed by atoms with van der Waals surface area (Å²) in [6, 6.07) is 12.1. The van der Waals surface area contributed by atoms with E-state index in [4.69, 9.17) is 10.8 Å². The Morgan fingerprint density at radius 1 is 0.744 bits per heavy atom. The van der Waals surface area contributed by atoms with Crippen molar-refractivity contribution in [2.75, 3.05) is 0 Å².